The molecule has 0 heterocycles. The highest BCUT2D eigenvalue weighted by atomic mass is 35.5. The minimum absolute atomic E-state index is 0.194. The first-order valence-corrected chi connectivity index (χ1v) is 4.95. The Morgan fingerprint density at radius 2 is 1.79 bits per heavy atom. The van der Waals surface area contributed by atoms with Gasteiger partial charge in [0.05, 0.1) is 0 Å². The lowest BCUT2D eigenvalue weighted by molar-refractivity contribution is 0.812. The molecule has 0 saturated carbocycles. The molecule has 0 bridgehead atoms. The van der Waals surface area contributed by atoms with Crippen molar-refractivity contribution in [3.05, 3.63) is 35.9 Å². The van der Waals surface area contributed by atoms with Crippen LogP contribution in [0.25, 0.3) is 0 Å². The topological polar surface area (TPSA) is 23.9 Å². The van der Waals surface area contributed by atoms with Crippen molar-refractivity contribution in [2.45, 2.75) is 25.5 Å². The molecule has 14 heavy (non-hydrogen) atoms. The smallest absolute Gasteiger partial charge is 0.0421 e. The second-order valence-corrected chi connectivity index (χ2v) is 5.38. The summed E-state index contributed by atoms with van der Waals surface area (Å²) in [6.45, 7) is 13.0. The molecule has 0 spiro atoms. The fraction of sp³-hybridized carbons (Fsp3) is 0.364. The fourth-order valence-corrected chi connectivity index (χ4v) is 0.461. The van der Waals surface area contributed by atoms with Crippen LogP contribution in [0.5, 0.6) is 0 Å². The zero-order chi connectivity index (χ0) is 11.8. The second-order valence-electron chi connectivity index (χ2n) is 3.58. The Hall–Kier alpha value is -0.470. The van der Waals surface area contributed by atoms with Gasteiger partial charge in [0, 0.05) is 21.6 Å². The van der Waals surface area contributed by atoms with Gasteiger partial charge in [0.1, 0.15) is 0 Å². The van der Waals surface area contributed by atoms with Gasteiger partial charge in [0.25, 0.3) is 0 Å². The number of thiol groups is 1. The van der Waals surface area contributed by atoms with Gasteiger partial charge in [-0.2, -0.15) is 12.6 Å². The molecule has 80 valence electrons. The highest BCUT2D eigenvalue weighted by Gasteiger charge is 1.96. The molecule has 0 aromatic rings. The van der Waals surface area contributed by atoms with E-state index in [-0.39, 0.29) is 4.75 Å². The average molecular weight is 232 g/mol. The number of hydrogen-bond donors (Lipinski definition) is 2. The van der Waals surface area contributed by atoms with Crippen LogP contribution in [0, 0.1) is 5.41 Å². The minimum Gasteiger partial charge on any atom is -0.308 e. The van der Waals surface area contributed by atoms with Gasteiger partial charge in [-0.05, 0) is 0 Å². The molecule has 0 atom stereocenters. The Labute approximate surface area is 97.5 Å². The van der Waals surface area contributed by atoms with E-state index in [1.165, 1.54) is 0 Å². The molecule has 0 aromatic carbocycles. The zero-order valence-electron chi connectivity index (χ0n) is 8.97. The largest absolute Gasteiger partial charge is 0.308 e. The summed E-state index contributed by atoms with van der Waals surface area (Å²) in [6, 6.07) is 0. The van der Waals surface area contributed by atoms with Crippen LogP contribution in [0.4, 0.5) is 0 Å². The molecule has 0 rings (SSSR count). The molecular weight excluding hydrogens is 214 g/mol. The van der Waals surface area contributed by atoms with Crippen LogP contribution in [0.1, 0.15) is 20.8 Å². The van der Waals surface area contributed by atoms with E-state index in [1.54, 1.807) is 12.2 Å². The Morgan fingerprint density at radius 3 is 1.86 bits per heavy atom. The third-order valence-electron chi connectivity index (χ3n) is 0.766. The molecule has 1 nitrogen and oxygen atoms in total. The maximum Gasteiger partial charge on any atom is 0.0421 e. The van der Waals surface area contributed by atoms with E-state index in [0.717, 1.165) is 6.21 Å². The summed E-state index contributed by atoms with van der Waals surface area (Å²) in [5, 5.41) is 7.17. The van der Waals surface area contributed by atoms with Gasteiger partial charge in [-0.25, -0.2) is 0 Å². The van der Waals surface area contributed by atoms with Crippen molar-refractivity contribution in [2.75, 3.05) is 0 Å². The van der Waals surface area contributed by atoms with Crippen molar-refractivity contribution in [3.8, 4) is 0 Å². The Bertz CT molecular complexity index is 230. The van der Waals surface area contributed by atoms with Crippen LogP contribution in [0.15, 0.2) is 35.9 Å². The Kier molecular flexibility index (Phi) is 9.01. The number of halogens is 1. The Morgan fingerprint density at radius 1 is 1.43 bits per heavy atom. The SMILES string of the molecule is C=C/C=C(/C=N)C(=C)Cl.CC(C)(C)S. The lowest BCUT2D eigenvalue weighted by Crippen LogP contribution is -1.99. The predicted octanol–water partition coefficient (Wildman–Crippen LogP) is 4.22. The minimum atomic E-state index is 0.194. The van der Waals surface area contributed by atoms with E-state index in [9.17, 15) is 0 Å². The van der Waals surface area contributed by atoms with Crippen LogP contribution in [0.3, 0.4) is 0 Å². The van der Waals surface area contributed by atoms with Crippen LogP contribution in [-0.4, -0.2) is 11.0 Å². The van der Waals surface area contributed by atoms with Gasteiger partial charge in [0.2, 0.25) is 0 Å². The lowest BCUT2D eigenvalue weighted by Gasteiger charge is -2.04. The molecule has 3 heteroatoms. The number of rotatable bonds is 3. The summed E-state index contributed by atoms with van der Waals surface area (Å²) in [7, 11) is 0. The number of allylic oxidation sites excluding steroid dienone is 4. The molecule has 0 aliphatic carbocycles. The molecule has 0 aromatic heterocycles. The van der Waals surface area contributed by atoms with Gasteiger partial charge in [-0.15, -0.1) is 0 Å². The highest BCUT2D eigenvalue weighted by molar-refractivity contribution is 7.81. The molecular formula is C11H18ClNS. The van der Waals surface area contributed by atoms with Crippen molar-refractivity contribution in [2.24, 2.45) is 0 Å². The van der Waals surface area contributed by atoms with E-state index in [2.05, 4.69) is 46.6 Å². The van der Waals surface area contributed by atoms with Crippen LogP contribution in [0.2, 0.25) is 0 Å². The average Bonchev–Trinajstić information content (AvgIpc) is 1.96. The normalized spacial score (nSPS) is 11.1. The summed E-state index contributed by atoms with van der Waals surface area (Å²) in [4.78, 5) is 0. The van der Waals surface area contributed by atoms with Crippen LogP contribution < -0.4 is 0 Å². The standard InChI is InChI=1S/C7H8ClN.C4H10S/c1-3-4-7(5-9)6(2)8;1-4(2,3)5/h3-5,9H,1-2H2;5H,1-3H3/b7-4-,9-5?;. The summed E-state index contributed by atoms with van der Waals surface area (Å²) in [6.07, 6.45) is 4.33. The van der Waals surface area contributed by atoms with E-state index >= 15 is 0 Å². The summed E-state index contributed by atoms with van der Waals surface area (Å²) in [5.41, 5.74) is 0.590. The van der Waals surface area contributed by atoms with Gasteiger partial charge < -0.3 is 5.41 Å². The number of nitrogens with one attached hydrogen (secondary N) is 1. The molecule has 0 aliphatic heterocycles. The molecule has 0 radical (unpaired) electrons. The zero-order valence-corrected chi connectivity index (χ0v) is 10.6. The number of hydrogen-bond acceptors (Lipinski definition) is 2. The molecule has 0 fully saturated rings. The van der Waals surface area contributed by atoms with Gasteiger partial charge in [0.15, 0.2) is 0 Å². The van der Waals surface area contributed by atoms with Gasteiger partial charge >= 0.3 is 0 Å². The first-order chi connectivity index (χ1) is 6.22. The van der Waals surface area contributed by atoms with E-state index < -0.39 is 0 Å². The van der Waals surface area contributed by atoms with Crippen molar-refractivity contribution >= 4 is 30.4 Å². The second kappa shape index (κ2) is 7.89. The quantitative estimate of drug-likeness (QED) is 0.413. The molecule has 0 amide bonds. The van der Waals surface area contributed by atoms with Gasteiger partial charge in [-0.3, -0.25) is 0 Å². The lowest BCUT2D eigenvalue weighted by atomic mass is 10.2. The van der Waals surface area contributed by atoms with E-state index in [1.807, 2.05) is 0 Å². The summed E-state index contributed by atoms with van der Waals surface area (Å²) in [5.74, 6) is 0. The first-order valence-electron chi connectivity index (χ1n) is 4.12. The molecule has 0 aliphatic rings. The highest BCUT2D eigenvalue weighted by Crippen LogP contribution is 2.08. The van der Waals surface area contributed by atoms with Crippen molar-refractivity contribution < 1.29 is 0 Å². The van der Waals surface area contributed by atoms with Crippen molar-refractivity contribution in [1.82, 2.24) is 0 Å². The van der Waals surface area contributed by atoms with Crippen molar-refractivity contribution in [1.29, 1.82) is 5.41 Å². The predicted molar refractivity (Wildman–Crippen MR) is 70.8 cm³/mol. The van der Waals surface area contributed by atoms with E-state index in [4.69, 9.17) is 17.0 Å². The maximum atomic E-state index is 6.81. The molecule has 0 saturated heterocycles. The van der Waals surface area contributed by atoms with Crippen LogP contribution >= 0.6 is 24.2 Å². The van der Waals surface area contributed by atoms with Gasteiger partial charge in [-0.1, -0.05) is 57.7 Å². The monoisotopic (exact) mass is 231 g/mol. The molecule has 1 N–H and O–H groups in total. The van der Waals surface area contributed by atoms with Crippen molar-refractivity contribution in [3.63, 3.8) is 0 Å². The summed E-state index contributed by atoms with van der Waals surface area (Å²) >= 11 is 9.58. The Balaban J connectivity index is 0. The van der Waals surface area contributed by atoms with E-state index in [0.29, 0.717) is 10.6 Å². The van der Waals surface area contributed by atoms with Crippen LogP contribution in [-0.2, 0) is 0 Å². The maximum absolute atomic E-state index is 6.81. The summed E-state index contributed by atoms with van der Waals surface area (Å²) < 4.78 is 0.194. The third-order valence-corrected chi connectivity index (χ3v) is 0.984. The fourth-order valence-electron chi connectivity index (χ4n) is 0.344. The first kappa shape index (κ1) is 16.0. The third kappa shape index (κ3) is 17.6. The molecule has 0 unspecified atom stereocenters.